The minimum atomic E-state index is -0.0183. The maximum Gasteiger partial charge on any atom is 0.144 e. The van der Waals surface area contributed by atoms with Crippen molar-refractivity contribution in [3.63, 3.8) is 0 Å². The second-order valence-corrected chi connectivity index (χ2v) is 4.74. The third kappa shape index (κ3) is 3.29. The topological polar surface area (TPSA) is 67.0 Å². The molecule has 0 aromatic carbocycles. The number of aromatic nitrogens is 1. The van der Waals surface area contributed by atoms with Crippen LogP contribution in [-0.2, 0) is 6.54 Å². The zero-order chi connectivity index (χ0) is 13.7. The lowest BCUT2D eigenvalue weighted by atomic mass is 10.1. The van der Waals surface area contributed by atoms with Gasteiger partial charge in [-0.3, -0.25) is 9.80 Å². The summed E-state index contributed by atoms with van der Waals surface area (Å²) in [5.74, 6) is 0. The fourth-order valence-electron chi connectivity index (χ4n) is 2.30. The Morgan fingerprint density at radius 1 is 1.32 bits per heavy atom. The van der Waals surface area contributed by atoms with Crippen LogP contribution in [0.3, 0.4) is 0 Å². The van der Waals surface area contributed by atoms with Gasteiger partial charge in [-0.15, -0.1) is 0 Å². The van der Waals surface area contributed by atoms with E-state index in [1.165, 1.54) is 0 Å². The molecule has 1 fully saturated rings. The molecular weight excluding hydrogens is 238 g/mol. The Morgan fingerprint density at radius 3 is 2.68 bits per heavy atom. The van der Waals surface area contributed by atoms with Gasteiger partial charge in [0.25, 0.3) is 0 Å². The van der Waals surface area contributed by atoms with Crippen LogP contribution in [-0.4, -0.2) is 47.0 Å². The number of pyridine rings is 1. The van der Waals surface area contributed by atoms with E-state index in [0.29, 0.717) is 5.69 Å². The fourth-order valence-corrected chi connectivity index (χ4v) is 2.30. The molecule has 0 spiro atoms. The standard InChI is InChI=1S/C14H17N5/c1-12(9-15)19-7-5-18(6-8-19)11-13-3-2-4-17-14(13)10-16/h2-4,12H,5-8,11H2,1H3. The van der Waals surface area contributed by atoms with E-state index in [9.17, 15) is 0 Å². The van der Waals surface area contributed by atoms with Gasteiger partial charge in [0, 0.05) is 44.5 Å². The van der Waals surface area contributed by atoms with Crippen LogP contribution in [0.15, 0.2) is 18.3 Å². The summed E-state index contributed by atoms with van der Waals surface area (Å²) in [5, 5.41) is 17.9. The Kier molecular flexibility index (Phi) is 4.46. The summed E-state index contributed by atoms with van der Waals surface area (Å²) in [4.78, 5) is 8.57. The predicted octanol–water partition coefficient (Wildman–Crippen LogP) is 0.983. The van der Waals surface area contributed by atoms with Gasteiger partial charge >= 0.3 is 0 Å². The van der Waals surface area contributed by atoms with Crippen molar-refractivity contribution < 1.29 is 0 Å². The molecule has 1 aromatic heterocycles. The zero-order valence-corrected chi connectivity index (χ0v) is 11.1. The Hall–Kier alpha value is -1.95. The first kappa shape index (κ1) is 13.5. The van der Waals surface area contributed by atoms with Crippen LogP contribution in [0.5, 0.6) is 0 Å². The first-order valence-corrected chi connectivity index (χ1v) is 6.44. The van der Waals surface area contributed by atoms with Gasteiger partial charge in [-0.05, 0) is 13.0 Å². The molecule has 1 atom stereocenters. The van der Waals surface area contributed by atoms with Gasteiger partial charge in [-0.2, -0.15) is 10.5 Å². The van der Waals surface area contributed by atoms with E-state index < -0.39 is 0 Å². The molecule has 2 heterocycles. The average Bonchev–Trinajstić information content (AvgIpc) is 2.48. The molecule has 0 saturated carbocycles. The number of piperazine rings is 1. The average molecular weight is 255 g/mol. The molecule has 1 aliphatic heterocycles. The van der Waals surface area contributed by atoms with Gasteiger partial charge in [0.05, 0.1) is 12.1 Å². The van der Waals surface area contributed by atoms with Crippen molar-refractivity contribution >= 4 is 0 Å². The molecular formula is C14H17N5. The number of hydrogen-bond acceptors (Lipinski definition) is 5. The van der Waals surface area contributed by atoms with Crippen LogP contribution in [0, 0.1) is 22.7 Å². The first-order valence-electron chi connectivity index (χ1n) is 6.44. The molecule has 0 amide bonds. The quantitative estimate of drug-likeness (QED) is 0.805. The smallest absolute Gasteiger partial charge is 0.144 e. The van der Waals surface area contributed by atoms with Gasteiger partial charge in [-0.25, -0.2) is 4.98 Å². The van der Waals surface area contributed by atoms with Crippen LogP contribution in [0.4, 0.5) is 0 Å². The lowest BCUT2D eigenvalue weighted by molar-refractivity contribution is 0.114. The monoisotopic (exact) mass is 255 g/mol. The number of nitriles is 2. The predicted molar refractivity (Wildman–Crippen MR) is 70.9 cm³/mol. The Bertz CT molecular complexity index is 505. The first-order chi connectivity index (χ1) is 9.24. The van der Waals surface area contributed by atoms with Crippen molar-refractivity contribution in [2.75, 3.05) is 26.2 Å². The normalized spacial score (nSPS) is 18.5. The highest BCUT2D eigenvalue weighted by Gasteiger charge is 2.21. The highest BCUT2D eigenvalue weighted by atomic mass is 15.3. The second-order valence-electron chi connectivity index (χ2n) is 4.74. The van der Waals surface area contributed by atoms with Crippen LogP contribution in [0.25, 0.3) is 0 Å². The van der Waals surface area contributed by atoms with Gasteiger partial charge < -0.3 is 0 Å². The van der Waals surface area contributed by atoms with E-state index in [2.05, 4.69) is 26.9 Å². The third-order valence-corrected chi connectivity index (χ3v) is 3.53. The molecule has 1 aliphatic rings. The van der Waals surface area contributed by atoms with Crippen molar-refractivity contribution in [2.45, 2.75) is 19.5 Å². The molecule has 0 radical (unpaired) electrons. The molecule has 1 saturated heterocycles. The van der Waals surface area contributed by atoms with E-state index in [4.69, 9.17) is 10.5 Å². The molecule has 1 aromatic rings. The van der Waals surface area contributed by atoms with Crippen LogP contribution >= 0.6 is 0 Å². The molecule has 98 valence electrons. The van der Waals surface area contributed by atoms with Gasteiger partial charge in [-0.1, -0.05) is 6.07 Å². The van der Waals surface area contributed by atoms with Gasteiger partial charge in [0.15, 0.2) is 0 Å². The third-order valence-electron chi connectivity index (χ3n) is 3.53. The molecule has 5 heteroatoms. The Morgan fingerprint density at radius 2 is 2.05 bits per heavy atom. The molecule has 1 unspecified atom stereocenters. The molecule has 0 aliphatic carbocycles. The van der Waals surface area contributed by atoms with Gasteiger partial charge in [0.1, 0.15) is 11.8 Å². The summed E-state index contributed by atoms with van der Waals surface area (Å²) in [6.45, 7) is 6.33. The molecule has 0 N–H and O–H groups in total. The Balaban J connectivity index is 1.93. The summed E-state index contributed by atoms with van der Waals surface area (Å²) in [6, 6.07) is 8.20. The van der Waals surface area contributed by atoms with Crippen molar-refractivity contribution in [1.82, 2.24) is 14.8 Å². The number of hydrogen-bond donors (Lipinski definition) is 0. The van der Waals surface area contributed by atoms with E-state index in [-0.39, 0.29) is 6.04 Å². The summed E-state index contributed by atoms with van der Waals surface area (Å²) in [6.07, 6.45) is 1.65. The van der Waals surface area contributed by atoms with Crippen LogP contribution in [0.2, 0.25) is 0 Å². The zero-order valence-electron chi connectivity index (χ0n) is 11.1. The maximum absolute atomic E-state index is 9.02. The molecule has 2 rings (SSSR count). The minimum absolute atomic E-state index is 0.0183. The summed E-state index contributed by atoms with van der Waals surface area (Å²) in [5.41, 5.74) is 1.49. The highest BCUT2D eigenvalue weighted by Crippen LogP contribution is 2.12. The minimum Gasteiger partial charge on any atom is -0.296 e. The lowest BCUT2D eigenvalue weighted by Gasteiger charge is -2.35. The van der Waals surface area contributed by atoms with E-state index in [0.717, 1.165) is 38.3 Å². The van der Waals surface area contributed by atoms with Crippen molar-refractivity contribution in [3.8, 4) is 12.1 Å². The highest BCUT2D eigenvalue weighted by molar-refractivity contribution is 5.30. The SMILES string of the molecule is CC(C#N)N1CCN(Cc2cccnc2C#N)CC1. The fraction of sp³-hybridized carbons (Fsp3) is 0.500. The van der Waals surface area contributed by atoms with Crippen LogP contribution in [0.1, 0.15) is 18.2 Å². The summed E-state index contributed by atoms with van der Waals surface area (Å²) in [7, 11) is 0. The molecule has 0 bridgehead atoms. The molecule has 19 heavy (non-hydrogen) atoms. The summed E-state index contributed by atoms with van der Waals surface area (Å²) >= 11 is 0. The maximum atomic E-state index is 9.02. The van der Waals surface area contributed by atoms with Crippen molar-refractivity contribution in [3.05, 3.63) is 29.6 Å². The van der Waals surface area contributed by atoms with Crippen molar-refractivity contribution in [2.24, 2.45) is 0 Å². The van der Waals surface area contributed by atoms with E-state index >= 15 is 0 Å². The molecule has 5 nitrogen and oxygen atoms in total. The number of rotatable bonds is 3. The van der Waals surface area contributed by atoms with E-state index in [1.54, 1.807) is 6.20 Å². The number of nitrogens with zero attached hydrogens (tertiary/aromatic N) is 5. The largest absolute Gasteiger partial charge is 0.296 e. The van der Waals surface area contributed by atoms with E-state index in [1.807, 2.05) is 19.1 Å². The second kappa shape index (κ2) is 6.29. The summed E-state index contributed by atoms with van der Waals surface area (Å²) < 4.78 is 0. The lowest BCUT2D eigenvalue weighted by Crippen LogP contribution is -2.48. The van der Waals surface area contributed by atoms with Crippen LogP contribution < -0.4 is 0 Å². The Labute approximate surface area is 113 Å². The van der Waals surface area contributed by atoms with Crippen molar-refractivity contribution in [1.29, 1.82) is 10.5 Å². The van der Waals surface area contributed by atoms with Gasteiger partial charge in [0.2, 0.25) is 0 Å².